The van der Waals surface area contributed by atoms with Gasteiger partial charge < -0.3 is 0 Å². The minimum absolute atomic E-state index is 0.525. The highest BCUT2D eigenvalue weighted by atomic mass is 14.3. The average Bonchev–Trinajstić information content (AvgIpc) is 2.66. The minimum atomic E-state index is 0.525. The molecule has 1 atom stereocenters. The summed E-state index contributed by atoms with van der Waals surface area (Å²) < 4.78 is 0. The molecule has 1 rings (SSSR count). The van der Waals surface area contributed by atoms with Crippen molar-refractivity contribution in [2.45, 2.75) is 19.8 Å². The molecule has 1 aliphatic carbocycles. The third kappa shape index (κ3) is 1.44. The Balaban J connectivity index is 2.39. The lowest BCUT2D eigenvalue weighted by atomic mass is 9.99. The Morgan fingerprint density at radius 1 is 1.67 bits per heavy atom. The van der Waals surface area contributed by atoms with Crippen LogP contribution in [0.2, 0.25) is 0 Å². The van der Waals surface area contributed by atoms with E-state index < -0.39 is 0 Å². The molecule has 0 aliphatic heterocycles. The SMILES string of the molecule is C=CC(C)C(=C)C1CC1. The molecule has 1 unspecified atom stereocenters. The molecule has 1 fully saturated rings. The van der Waals surface area contributed by atoms with Crippen LogP contribution in [0.25, 0.3) is 0 Å². The fourth-order valence-electron chi connectivity index (χ4n) is 0.977. The summed E-state index contributed by atoms with van der Waals surface area (Å²) in [6.07, 6.45) is 4.69. The first-order chi connectivity index (χ1) is 4.25. The molecule has 0 amide bonds. The molecule has 9 heavy (non-hydrogen) atoms. The highest BCUT2D eigenvalue weighted by molar-refractivity contribution is 5.14. The molecule has 0 spiro atoms. The zero-order valence-corrected chi connectivity index (χ0v) is 6.06. The highest BCUT2D eigenvalue weighted by Crippen LogP contribution is 2.39. The molecule has 0 N–H and O–H groups in total. The summed E-state index contributed by atoms with van der Waals surface area (Å²) in [5.74, 6) is 1.36. The van der Waals surface area contributed by atoms with Gasteiger partial charge in [0, 0.05) is 0 Å². The van der Waals surface area contributed by atoms with E-state index in [-0.39, 0.29) is 0 Å². The van der Waals surface area contributed by atoms with Crippen LogP contribution in [0.5, 0.6) is 0 Å². The van der Waals surface area contributed by atoms with E-state index in [0.29, 0.717) is 5.92 Å². The summed E-state index contributed by atoms with van der Waals surface area (Å²) in [6.45, 7) is 9.91. The molecular formula is C9H14. The third-order valence-electron chi connectivity index (χ3n) is 2.04. The first-order valence-electron chi connectivity index (χ1n) is 3.57. The zero-order chi connectivity index (χ0) is 6.85. The number of hydrogen-bond acceptors (Lipinski definition) is 0. The Bertz CT molecular complexity index is 129. The normalized spacial score (nSPS) is 21.0. The van der Waals surface area contributed by atoms with E-state index in [1.165, 1.54) is 18.4 Å². The van der Waals surface area contributed by atoms with Gasteiger partial charge in [0.25, 0.3) is 0 Å². The van der Waals surface area contributed by atoms with Crippen molar-refractivity contribution in [1.29, 1.82) is 0 Å². The topological polar surface area (TPSA) is 0 Å². The van der Waals surface area contributed by atoms with Gasteiger partial charge in [-0.1, -0.05) is 25.2 Å². The van der Waals surface area contributed by atoms with Crippen molar-refractivity contribution < 1.29 is 0 Å². The molecular weight excluding hydrogens is 108 g/mol. The second-order valence-corrected chi connectivity index (χ2v) is 2.87. The van der Waals surface area contributed by atoms with E-state index in [4.69, 9.17) is 0 Å². The molecule has 0 heterocycles. The monoisotopic (exact) mass is 122 g/mol. The first kappa shape index (κ1) is 6.60. The summed E-state index contributed by atoms with van der Waals surface area (Å²) in [6, 6.07) is 0. The van der Waals surface area contributed by atoms with E-state index in [1.54, 1.807) is 0 Å². The number of hydrogen-bond donors (Lipinski definition) is 0. The van der Waals surface area contributed by atoms with Crippen LogP contribution in [0.1, 0.15) is 19.8 Å². The summed E-state index contributed by atoms with van der Waals surface area (Å²) in [4.78, 5) is 0. The first-order valence-corrected chi connectivity index (χ1v) is 3.57. The second kappa shape index (κ2) is 2.38. The van der Waals surface area contributed by atoms with Crippen molar-refractivity contribution in [3.05, 3.63) is 24.8 Å². The van der Waals surface area contributed by atoms with Gasteiger partial charge in [-0.15, -0.1) is 6.58 Å². The smallest absolute Gasteiger partial charge is 0.00543 e. The lowest BCUT2D eigenvalue weighted by Crippen LogP contribution is -1.94. The zero-order valence-electron chi connectivity index (χ0n) is 6.06. The van der Waals surface area contributed by atoms with Crippen molar-refractivity contribution in [3.8, 4) is 0 Å². The summed E-state index contributed by atoms with van der Waals surface area (Å²) in [5, 5.41) is 0. The van der Waals surface area contributed by atoms with Gasteiger partial charge in [-0.25, -0.2) is 0 Å². The van der Waals surface area contributed by atoms with Crippen molar-refractivity contribution in [1.82, 2.24) is 0 Å². The van der Waals surface area contributed by atoms with Crippen LogP contribution in [0.15, 0.2) is 24.8 Å². The molecule has 0 aromatic heterocycles. The van der Waals surface area contributed by atoms with Crippen LogP contribution in [-0.4, -0.2) is 0 Å². The Hall–Kier alpha value is -0.520. The standard InChI is InChI=1S/C9H14/c1-4-7(2)8(3)9-5-6-9/h4,7,9H,1,3,5-6H2,2H3. The summed E-state index contributed by atoms with van der Waals surface area (Å²) in [5.41, 5.74) is 1.38. The van der Waals surface area contributed by atoms with Gasteiger partial charge in [-0.2, -0.15) is 0 Å². The number of allylic oxidation sites excluding steroid dienone is 2. The Morgan fingerprint density at radius 3 is 2.56 bits per heavy atom. The largest absolute Gasteiger partial charge is 0.102 e. The fourth-order valence-corrected chi connectivity index (χ4v) is 0.977. The van der Waals surface area contributed by atoms with Crippen molar-refractivity contribution >= 4 is 0 Å². The van der Waals surface area contributed by atoms with Gasteiger partial charge in [0.2, 0.25) is 0 Å². The predicted octanol–water partition coefficient (Wildman–Crippen LogP) is 2.77. The van der Waals surface area contributed by atoms with Crippen LogP contribution < -0.4 is 0 Å². The van der Waals surface area contributed by atoms with Crippen LogP contribution in [0, 0.1) is 11.8 Å². The molecule has 1 aliphatic rings. The van der Waals surface area contributed by atoms with Crippen LogP contribution in [0.3, 0.4) is 0 Å². The maximum absolute atomic E-state index is 4.02. The average molecular weight is 122 g/mol. The Labute approximate surface area is 57.3 Å². The molecule has 0 aromatic rings. The van der Waals surface area contributed by atoms with E-state index in [2.05, 4.69) is 20.1 Å². The quantitative estimate of drug-likeness (QED) is 0.505. The van der Waals surface area contributed by atoms with Gasteiger partial charge in [-0.05, 0) is 24.7 Å². The van der Waals surface area contributed by atoms with Gasteiger partial charge in [-0.3, -0.25) is 0 Å². The minimum Gasteiger partial charge on any atom is -0.102 e. The fraction of sp³-hybridized carbons (Fsp3) is 0.556. The van der Waals surface area contributed by atoms with Gasteiger partial charge in [0.1, 0.15) is 0 Å². The molecule has 0 saturated heterocycles. The van der Waals surface area contributed by atoms with E-state index >= 15 is 0 Å². The van der Waals surface area contributed by atoms with Crippen LogP contribution in [0.4, 0.5) is 0 Å². The summed E-state index contributed by atoms with van der Waals surface area (Å²) in [7, 11) is 0. The highest BCUT2D eigenvalue weighted by Gasteiger charge is 2.26. The molecule has 0 heteroatoms. The van der Waals surface area contributed by atoms with Crippen molar-refractivity contribution in [3.63, 3.8) is 0 Å². The molecule has 0 nitrogen and oxygen atoms in total. The van der Waals surface area contributed by atoms with Crippen LogP contribution >= 0.6 is 0 Å². The third-order valence-corrected chi connectivity index (χ3v) is 2.04. The molecule has 0 radical (unpaired) electrons. The molecule has 0 bridgehead atoms. The lowest BCUT2D eigenvalue weighted by molar-refractivity contribution is 0.780. The van der Waals surface area contributed by atoms with Gasteiger partial charge in [0.15, 0.2) is 0 Å². The van der Waals surface area contributed by atoms with Crippen molar-refractivity contribution in [2.75, 3.05) is 0 Å². The van der Waals surface area contributed by atoms with E-state index in [1.807, 2.05) is 6.08 Å². The molecule has 1 saturated carbocycles. The van der Waals surface area contributed by atoms with E-state index in [9.17, 15) is 0 Å². The molecule has 0 aromatic carbocycles. The van der Waals surface area contributed by atoms with Gasteiger partial charge >= 0.3 is 0 Å². The Morgan fingerprint density at radius 2 is 2.22 bits per heavy atom. The maximum atomic E-state index is 4.02. The maximum Gasteiger partial charge on any atom is -0.00543 e. The van der Waals surface area contributed by atoms with E-state index in [0.717, 1.165) is 5.92 Å². The summed E-state index contributed by atoms with van der Waals surface area (Å²) >= 11 is 0. The predicted molar refractivity (Wildman–Crippen MR) is 41.2 cm³/mol. The molecule has 50 valence electrons. The van der Waals surface area contributed by atoms with Crippen molar-refractivity contribution in [2.24, 2.45) is 11.8 Å². The Kier molecular flexibility index (Phi) is 1.75. The number of rotatable bonds is 3. The lowest BCUT2D eigenvalue weighted by Gasteiger charge is -2.06. The second-order valence-electron chi connectivity index (χ2n) is 2.87. The van der Waals surface area contributed by atoms with Crippen LogP contribution in [-0.2, 0) is 0 Å². The van der Waals surface area contributed by atoms with Gasteiger partial charge in [0.05, 0.1) is 0 Å².